The summed E-state index contributed by atoms with van der Waals surface area (Å²) in [6.07, 6.45) is -9.28. The minimum Gasteiger partial charge on any atom is -0.406 e. The standard InChI is InChI=1S/C21H20F4O6S/c22-15-7-12-9-30-20(19(29)18(28)17(27)16(8-26)32-20)14(12)6-11(15)5-10-1-3-13(4-2-10)31-21(23,24)25/h1-4,6-7,16-19,26-29H,5,8-9H2/t16-,17-,18+,19-,20+/m1/s1. The van der Waals surface area contributed by atoms with Crippen LogP contribution in [0, 0.1) is 5.82 Å². The van der Waals surface area contributed by atoms with Crippen molar-refractivity contribution < 1.29 is 47.5 Å². The first-order chi connectivity index (χ1) is 15.0. The molecule has 2 aromatic carbocycles. The number of thioether (sulfide) groups is 1. The largest absolute Gasteiger partial charge is 0.573 e. The van der Waals surface area contributed by atoms with Crippen molar-refractivity contribution in [3.63, 3.8) is 0 Å². The van der Waals surface area contributed by atoms with Crippen molar-refractivity contribution in [3.8, 4) is 5.75 Å². The molecule has 0 radical (unpaired) electrons. The maximum absolute atomic E-state index is 14.7. The molecule has 1 fully saturated rings. The van der Waals surface area contributed by atoms with Gasteiger partial charge in [0, 0.05) is 12.0 Å². The Balaban J connectivity index is 1.64. The number of aliphatic hydroxyl groups excluding tert-OH is 4. The van der Waals surface area contributed by atoms with E-state index in [1.807, 2.05) is 0 Å². The van der Waals surface area contributed by atoms with Gasteiger partial charge in [-0.15, -0.1) is 24.9 Å². The monoisotopic (exact) mass is 476 g/mol. The fraction of sp³-hybridized carbons (Fsp3) is 0.429. The second-order valence-electron chi connectivity index (χ2n) is 7.69. The highest BCUT2D eigenvalue weighted by molar-refractivity contribution is 8.00. The summed E-state index contributed by atoms with van der Waals surface area (Å²) < 4.78 is 61.3. The summed E-state index contributed by atoms with van der Waals surface area (Å²) in [4.78, 5) is -1.51. The van der Waals surface area contributed by atoms with E-state index in [0.29, 0.717) is 16.7 Å². The number of aliphatic hydroxyl groups is 4. The minimum absolute atomic E-state index is 0.0386. The Hall–Kier alpha value is -1.89. The lowest BCUT2D eigenvalue weighted by atomic mass is 9.91. The van der Waals surface area contributed by atoms with Crippen molar-refractivity contribution in [1.29, 1.82) is 0 Å². The Kier molecular flexibility index (Phi) is 6.16. The lowest BCUT2D eigenvalue weighted by Gasteiger charge is -2.45. The van der Waals surface area contributed by atoms with Crippen LogP contribution in [0.25, 0.3) is 0 Å². The highest BCUT2D eigenvalue weighted by Crippen LogP contribution is 2.54. The van der Waals surface area contributed by atoms with E-state index in [0.717, 1.165) is 23.9 Å². The number of halogens is 4. The molecule has 4 N–H and O–H groups in total. The summed E-state index contributed by atoms with van der Waals surface area (Å²) in [7, 11) is 0. The van der Waals surface area contributed by atoms with E-state index >= 15 is 0 Å². The van der Waals surface area contributed by atoms with Crippen LogP contribution in [0.3, 0.4) is 0 Å². The molecular weight excluding hydrogens is 456 g/mol. The summed E-state index contributed by atoms with van der Waals surface area (Å²) in [6.45, 7) is -0.516. The smallest absolute Gasteiger partial charge is 0.406 e. The van der Waals surface area contributed by atoms with Gasteiger partial charge in [-0.3, -0.25) is 0 Å². The molecule has 2 heterocycles. The van der Waals surface area contributed by atoms with Gasteiger partial charge >= 0.3 is 6.36 Å². The van der Waals surface area contributed by atoms with E-state index in [1.165, 1.54) is 24.3 Å². The molecule has 0 aromatic heterocycles. The second-order valence-corrected chi connectivity index (χ2v) is 9.14. The highest BCUT2D eigenvalue weighted by Gasteiger charge is 2.57. The molecule has 174 valence electrons. The molecule has 4 rings (SSSR count). The lowest BCUT2D eigenvalue weighted by molar-refractivity contribution is -0.274. The summed E-state index contributed by atoms with van der Waals surface area (Å²) in [5, 5.41) is 39.8. The minimum atomic E-state index is -4.81. The van der Waals surface area contributed by atoms with Gasteiger partial charge in [-0.1, -0.05) is 12.1 Å². The quantitative estimate of drug-likeness (QED) is 0.502. The molecule has 2 aliphatic heterocycles. The van der Waals surface area contributed by atoms with Crippen LogP contribution in [0.4, 0.5) is 17.6 Å². The number of rotatable bonds is 4. The van der Waals surface area contributed by atoms with Crippen LogP contribution in [0.1, 0.15) is 22.3 Å². The number of hydrogen-bond acceptors (Lipinski definition) is 7. The third-order valence-electron chi connectivity index (χ3n) is 5.59. The van der Waals surface area contributed by atoms with Crippen LogP contribution in [-0.2, 0) is 22.7 Å². The van der Waals surface area contributed by atoms with Crippen molar-refractivity contribution in [2.75, 3.05) is 6.61 Å². The van der Waals surface area contributed by atoms with E-state index in [2.05, 4.69) is 4.74 Å². The van der Waals surface area contributed by atoms with Crippen LogP contribution in [-0.4, -0.2) is 57.0 Å². The number of alkyl halides is 3. The van der Waals surface area contributed by atoms with E-state index in [4.69, 9.17) is 4.74 Å². The SMILES string of the molecule is OC[C@H]1S[C@]2(OCc3cc(F)c(Cc4ccc(OC(F)(F)F)cc4)cc32)[C@H](O)[C@@H](O)[C@@H]1O. The molecule has 0 bridgehead atoms. The first-order valence-electron chi connectivity index (χ1n) is 9.67. The Morgan fingerprint density at radius 2 is 1.78 bits per heavy atom. The van der Waals surface area contributed by atoms with Crippen molar-refractivity contribution in [3.05, 3.63) is 64.5 Å². The molecule has 2 aromatic rings. The summed E-state index contributed by atoms with van der Waals surface area (Å²) in [5.41, 5.74) is 1.58. The van der Waals surface area contributed by atoms with E-state index < -0.39 is 53.0 Å². The zero-order valence-electron chi connectivity index (χ0n) is 16.4. The van der Waals surface area contributed by atoms with Gasteiger partial charge in [-0.05, 0) is 41.0 Å². The molecule has 6 nitrogen and oxygen atoms in total. The Morgan fingerprint density at radius 3 is 2.41 bits per heavy atom. The van der Waals surface area contributed by atoms with Crippen molar-refractivity contribution in [2.45, 2.75) is 47.9 Å². The average Bonchev–Trinajstić information content (AvgIpc) is 3.08. The molecule has 2 aliphatic rings. The van der Waals surface area contributed by atoms with Crippen LogP contribution < -0.4 is 4.74 Å². The maximum atomic E-state index is 14.7. The highest BCUT2D eigenvalue weighted by atomic mass is 32.2. The summed E-state index contributed by atoms with van der Waals surface area (Å²) in [5.74, 6) is -0.957. The average molecular weight is 476 g/mol. The normalized spacial score (nSPS) is 29.9. The van der Waals surface area contributed by atoms with Gasteiger partial charge in [-0.25, -0.2) is 4.39 Å². The van der Waals surface area contributed by atoms with Crippen LogP contribution in [0.2, 0.25) is 0 Å². The molecular formula is C21H20F4O6S. The van der Waals surface area contributed by atoms with Gasteiger partial charge in [0.2, 0.25) is 0 Å². The molecule has 0 saturated carbocycles. The molecule has 0 aliphatic carbocycles. The lowest BCUT2D eigenvalue weighted by Crippen LogP contribution is -2.58. The summed E-state index contributed by atoms with van der Waals surface area (Å²) in [6, 6.07) is 7.75. The predicted molar refractivity (Wildman–Crippen MR) is 105 cm³/mol. The van der Waals surface area contributed by atoms with Gasteiger partial charge in [0.15, 0.2) is 4.93 Å². The topological polar surface area (TPSA) is 99.4 Å². The zero-order chi connectivity index (χ0) is 23.3. The number of hydrogen-bond donors (Lipinski definition) is 4. The van der Waals surface area contributed by atoms with Gasteiger partial charge in [-0.2, -0.15) is 0 Å². The van der Waals surface area contributed by atoms with Gasteiger partial charge in [0.1, 0.15) is 23.8 Å². The second kappa shape index (κ2) is 8.47. The fourth-order valence-corrected chi connectivity index (χ4v) is 5.56. The third-order valence-corrected chi connectivity index (χ3v) is 7.25. The van der Waals surface area contributed by atoms with Crippen molar-refractivity contribution in [1.82, 2.24) is 0 Å². The third kappa shape index (κ3) is 4.20. The number of fused-ring (bicyclic) bond motifs is 2. The fourth-order valence-electron chi connectivity index (χ4n) is 4.01. The Bertz CT molecular complexity index is 983. The van der Waals surface area contributed by atoms with Crippen molar-refractivity contribution in [2.24, 2.45) is 0 Å². The van der Waals surface area contributed by atoms with Crippen LogP contribution >= 0.6 is 11.8 Å². The first-order valence-corrected chi connectivity index (χ1v) is 10.6. The van der Waals surface area contributed by atoms with Crippen molar-refractivity contribution >= 4 is 11.8 Å². The van der Waals surface area contributed by atoms with Crippen LogP contribution in [0.15, 0.2) is 36.4 Å². The Morgan fingerprint density at radius 1 is 1.09 bits per heavy atom. The zero-order valence-corrected chi connectivity index (χ0v) is 17.2. The van der Waals surface area contributed by atoms with Crippen LogP contribution in [0.5, 0.6) is 5.75 Å². The van der Waals surface area contributed by atoms with Gasteiger partial charge in [0.25, 0.3) is 0 Å². The molecule has 1 spiro atoms. The Labute approximate surface area is 184 Å². The number of ether oxygens (including phenoxy) is 2. The van der Waals surface area contributed by atoms with E-state index in [-0.39, 0.29) is 18.6 Å². The molecule has 32 heavy (non-hydrogen) atoms. The molecule has 1 saturated heterocycles. The molecule has 0 amide bonds. The first kappa shape index (κ1) is 23.3. The van der Waals surface area contributed by atoms with Gasteiger partial charge < -0.3 is 29.9 Å². The number of benzene rings is 2. The maximum Gasteiger partial charge on any atom is 0.573 e. The molecule has 0 unspecified atom stereocenters. The molecule has 11 heteroatoms. The van der Waals surface area contributed by atoms with E-state index in [9.17, 15) is 38.0 Å². The predicted octanol–water partition coefficient (Wildman–Crippen LogP) is 2.19. The van der Waals surface area contributed by atoms with E-state index in [1.54, 1.807) is 0 Å². The van der Waals surface area contributed by atoms with Gasteiger partial charge in [0.05, 0.1) is 24.6 Å². The summed E-state index contributed by atoms with van der Waals surface area (Å²) >= 11 is 0.954. The molecule has 5 atom stereocenters.